The van der Waals surface area contributed by atoms with Crippen LogP contribution in [-0.4, -0.2) is 83.9 Å². The maximum atomic E-state index is 15.1. The summed E-state index contributed by atoms with van der Waals surface area (Å²) in [6.07, 6.45) is 1.70. The van der Waals surface area contributed by atoms with Crippen molar-refractivity contribution >= 4 is 44.4 Å². The van der Waals surface area contributed by atoms with E-state index in [0.29, 0.717) is 31.1 Å². The fourth-order valence-electron chi connectivity index (χ4n) is 8.48. The van der Waals surface area contributed by atoms with Crippen LogP contribution in [0.15, 0.2) is 36.5 Å². The van der Waals surface area contributed by atoms with Gasteiger partial charge in [0.2, 0.25) is 27.7 Å². The minimum Gasteiger partial charge on any atom is -0.491 e. The van der Waals surface area contributed by atoms with E-state index >= 15 is 9.18 Å². The molecule has 2 aliphatic carbocycles. The molecule has 1 aromatic heterocycles. The first-order valence-corrected chi connectivity index (χ1v) is 21.9. The van der Waals surface area contributed by atoms with E-state index in [4.69, 9.17) is 18.3 Å². The number of esters is 1. The number of nitrogens with zero attached hydrogens (tertiary/aromatic N) is 2. The van der Waals surface area contributed by atoms with Crippen molar-refractivity contribution in [3.8, 4) is 11.6 Å². The molecule has 16 heteroatoms. The Labute approximate surface area is 348 Å². The van der Waals surface area contributed by atoms with E-state index in [9.17, 15) is 31.6 Å². The van der Waals surface area contributed by atoms with Crippen LogP contribution in [-0.2, 0) is 33.9 Å². The fourth-order valence-corrected chi connectivity index (χ4v) is 9.76. The number of sulfonamides is 1. The maximum absolute atomic E-state index is 15.1. The number of fused-ring (bicyclic) bond motifs is 3. The molecule has 0 bridgehead atoms. The Bertz CT molecular complexity index is 2200. The summed E-state index contributed by atoms with van der Waals surface area (Å²) in [4.78, 5) is 63.0. The molecule has 4 aliphatic rings. The summed E-state index contributed by atoms with van der Waals surface area (Å²) in [7, 11) is -4.71. The van der Waals surface area contributed by atoms with Gasteiger partial charge in [-0.2, -0.15) is 0 Å². The molecule has 12 nitrogen and oxygen atoms in total. The van der Waals surface area contributed by atoms with Crippen molar-refractivity contribution in [2.45, 2.75) is 135 Å². The van der Waals surface area contributed by atoms with Gasteiger partial charge >= 0.3 is 5.97 Å². The number of aromatic nitrogens is 1. The summed E-state index contributed by atoms with van der Waals surface area (Å²) >= 11 is 0. The molecule has 6 rings (SSSR count). The van der Waals surface area contributed by atoms with Crippen LogP contribution in [0.25, 0.3) is 10.8 Å². The monoisotopic (exact) mass is 850 g/mol. The molecule has 1 saturated heterocycles. The number of ether oxygens (including phenoxy) is 3. The van der Waals surface area contributed by atoms with Gasteiger partial charge in [-0.25, -0.2) is 26.6 Å². The van der Waals surface area contributed by atoms with Gasteiger partial charge in [-0.1, -0.05) is 32.4 Å². The number of rotatable bonds is 12. The summed E-state index contributed by atoms with van der Waals surface area (Å²) in [5, 5.41) is 0.819. The zero-order valence-corrected chi connectivity index (χ0v) is 34.9. The summed E-state index contributed by atoms with van der Waals surface area (Å²) in [5.74, 6) is -6.08. The van der Waals surface area contributed by atoms with E-state index in [1.807, 2.05) is 24.6 Å². The van der Waals surface area contributed by atoms with E-state index in [1.54, 1.807) is 19.1 Å². The highest BCUT2D eigenvalue weighted by atomic mass is 32.2. The summed E-state index contributed by atoms with van der Waals surface area (Å²) in [6.45, 7) is 4.78. The lowest BCUT2D eigenvalue weighted by Crippen LogP contribution is -2.48. The number of allylic oxidation sites excluding steroid dienone is 2. The second-order valence-corrected chi connectivity index (χ2v) is 19.3. The highest BCUT2D eigenvalue weighted by Crippen LogP contribution is 2.58. The van der Waals surface area contributed by atoms with Crippen LogP contribution in [0.4, 0.5) is 13.2 Å². The number of alkyl halides is 2. The standard InChI is InChI=1S/C43H56F3N3O9S/c1-7-26-17-25(3)11-9-10-12-28-22-43(28,40(53)48-59(54,55)42(6)14-15-42)23-34(50)33-19-29(24-49(33)38(52)31(26)21-36(51)58-41(4,5)39(45)46)57-37-30-20-32(44)35(56-8-2)18-27(30)13-16-47-37/h10,12-13,16,18,20,25-26,28-29,31,33,39H,7-9,11,14-15,17,19,21-24H2,1-6H3,(H,48,53)/b12-10-/t25-,26+,28+,29+,31-,33-,43+/m0/s1/i6D3. The number of pyridine rings is 1. The number of halogens is 3. The first kappa shape index (κ1) is 40.2. The second kappa shape index (κ2) is 17.0. The minimum atomic E-state index is -4.71. The minimum absolute atomic E-state index is 0.00117. The fraction of sp³-hybridized carbons (Fsp3) is 0.651. The van der Waals surface area contributed by atoms with Gasteiger partial charge < -0.3 is 19.1 Å². The molecular weight excluding hydrogens is 792 g/mol. The van der Waals surface area contributed by atoms with Crippen molar-refractivity contribution in [2.24, 2.45) is 29.1 Å². The average molecular weight is 851 g/mol. The molecule has 0 spiro atoms. The summed E-state index contributed by atoms with van der Waals surface area (Å²) in [5.41, 5.74) is -3.74. The normalized spacial score (nSPS) is 30.1. The van der Waals surface area contributed by atoms with Gasteiger partial charge in [-0.15, -0.1) is 0 Å². The molecule has 0 radical (unpaired) electrons. The zero-order valence-electron chi connectivity index (χ0n) is 37.1. The van der Waals surface area contributed by atoms with Gasteiger partial charge in [0.15, 0.2) is 23.0 Å². The number of hydrogen-bond acceptors (Lipinski definition) is 10. The molecule has 7 atom stereocenters. The Kier molecular flexibility index (Phi) is 11.6. The van der Waals surface area contributed by atoms with Crippen LogP contribution in [0.3, 0.4) is 0 Å². The third kappa shape index (κ3) is 9.42. The number of amides is 2. The van der Waals surface area contributed by atoms with Crippen molar-refractivity contribution in [3.63, 3.8) is 0 Å². The smallest absolute Gasteiger partial charge is 0.307 e. The number of carbonyl (C=O) groups excluding carboxylic acids is 4. The van der Waals surface area contributed by atoms with Gasteiger partial charge in [0.25, 0.3) is 6.43 Å². The molecule has 3 fully saturated rings. The molecule has 2 amide bonds. The number of Topliss-reactive ketones (excluding diaryl/α,β-unsaturated/α-hetero) is 1. The van der Waals surface area contributed by atoms with E-state index < -0.39 is 111 Å². The van der Waals surface area contributed by atoms with Crippen LogP contribution >= 0.6 is 0 Å². The molecular formula is C43H56F3N3O9S. The molecule has 2 aromatic rings. The Morgan fingerprint density at radius 1 is 1.17 bits per heavy atom. The quantitative estimate of drug-likeness (QED) is 0.173. The summed E-state index contributed by atoms with van der Waals surface area (Å²) in [6, 6.07) is 3.06. The number of nitrogens with one attached hydrogen (secondary N) is 1. The molecule has 0 unspecified atom stereocenters. The van der Waals surface area contributed by atoms with Gasteiger partial charge in [0.1, 0.15) is 6.10 Å². The van der Waals surface area contributed by atoms with Crippen molar-refractivity contribution in [1.82, 2.24) is 14.6 Å². The van der Waals surface area contributed by atoms with Gasteiger partial charge in [0, 0.05) is 28.5 Å². The molecule has 1 N–H and O–H groups in total. The van der Waals surface area contributed by atoms with Crippen molar-refractivity contribution < 1.29 is 59.1 Å². The Hall–Kier alpha value is -4.21. The lowest BCUT2D eigenvalue weighted by atomic mass is 9.79. The van der Waals surface area contributed by atoms with Gasteiger partial charge in [-0.3, -0.25) is 23.9 Å². The lowest BCUT2D eigenvalue weighted by Gasteiger charge is -2.34. The summed E-state index contributed by atoms with van der Waals surface area (Å²) < 4.78 is 110. The highest BCUT2D eigenvalue weighted by molar-refractivity contribution is 7.91. The van der Waals surface area contributed by atoms with Crippen LogP contribution in [0, 0.1) is 34.9 Å². The van der Waals surface area contributed by atoms with Gasteiger partial charge in [-0.05, 0) is 107 Å². The van der Waals surface area contributed by atoms with E-state index in [2.05, 4.69) is 4.98 Å². The SMILES string of the molecule is [2H]C([2H])([2H])C1(S(=O)(=O)NC(=O)[C@]23CC(=O)[C@@H]4C[C@@H](Oc5nccc6cc(OCC)c(F)cc56)CN4C(=O)[C@@H](CC(=O)OC(C)(C)C(F)F)[C@H](CC)C[C@@H](C)CC/C=C\[C@@H]2C3)CC1. The average Bonchev–Trinajstić information content (AvgIpc) is 4.10. The van der Waals surface area contributed by atoms with Crippen LogP contribution in [0.1, 0.15) is 110 Å². The Balaban J connectivity index is 1.38. The van der Waals surface area contributed by atoms with E-state index in [1.165, 1.54) is 23.2 Å². The van der Waals surface area contributed by atoms with Crippen LogP contribution in [0.2, 0.25) is 0 Å². The number of benzene rings is 1. The maximum Gasteiger partial charge on any atom is 0.307 e. The molecule has 59 heavy (non-hydrogen) atoms. The first-order valence-electron chi connectivity index (χ1n) is 21.9. The zero-order chi connectivity index (χ0) is 45.6. The number of ketones is 1. The van der Waals surface area contributed by atoms with Crippen LogP contribution in [0.5, 0.6) is 11.6 Å². The van der Waals surface area contributed by atoms with E-state index in [-0.39, 0.29) is 61.8 Å². The largest absolute Gasteiger partial charge is 0.491 e. The molecule has 2 saturated carbocycles. The predicted molar refractivity (Wildman–Crippen MR) is 212 cm³/mol. The number of hydrogen-bond donors (Lipinski definition) is 1. The van der Waals surface area contributed by atoms with Gasteiger partial charge in [0.05, 0.1) is 41.7 Å². The third-order valence-corrected chi connectivity index (χ3v) is 14.3. The van der Waals surface area contributed by atoms with Crippen molar-refractivity contribution in [2.75, 3.05) is 13.2 Å². The highest BCUT2D eigenvalue weighted by Gasteiger charge is 2.63. The Morgan fingerprint density at radius 3 is 2.58 bits per heavy atom. The second-order valence-electron chi connectivity index (χ2n) is 17.3. The van der Waals surface area contributed by atoms with Crippen LogP contribution < -0.4 is 14.2 Å². The molecule has 2 aliphatic heterocycles. The van der Waals surface area contributed by atoms with Crippen molar-refractivity contribution in [1.29, 1.82) is 0 Å². The van der Waals surface area contributed by atoms with E-state index in [0.717, 1.165) is 13.8 Å². The molecule has 324 valence electrons. The Morgan fingerprint density at radius 2 is 1.92 bits per heavy atom. The molecule has 3 heterocycles. The number of carbonyl (C=O) groups is 4. The topological polar surface area (TPSA) is 158 Å². The molecule has 1 aromatic carbocycles. The third-order valence-electron chi connectivity index (χ3n) is 12.4. The lowest BCUT2D eigenvalue weighted by molar-refractivity contribution is -0.174. The predicted octanol–water partition coefficient (Wildman–Crippen LogP) is 7.08. The first-order chi connectivity index (χ1) is 29.0. The van der Waals surface area contributed by atoms with Crippen molar-refractivity contribution in [3.05, 3.63) is 42.4 Å².